The number of rotatable bonds is 3. The molecule has 0 saturated carbocycles. The lowest BCUT2D eigenvalue weighted by atomic mass is 10.1. The molecule has 0 fully saturated rings. The third kappa shape index (κ3) is 2.64. The van der Waals surface area contributed by atoms with Crippen LogP contribution in [0.4, 0.5) is 0 Å². The van der Waals surface area contributed by atoms with Crippen molar-refractivity contribution in [3.63, 3.8) is 0 Å². The molecule has 84 valence electrons. The van der Waals surface area contributed by atoms with Gasteiger partial charge >= 0.3 is 0 Å². The van der Waals surface area contributed by atoms with Crippen LogP contribution in [-0.4, -0.2) is 9.78 Å². The van der Waals surface area contributed by atoms with Crippen LogP contribution in [0.2, 0.25) is 0 Å². The van der Waals surface area contributed by atoms with Crippen molar-refractivity contribution in [3.05, 3.63) is 51.4 Å². The maximum Gasteiger partial charge on any atom is 0.0783 e. The molecule has 0 aliphatic heterocycles. The lowest BCUT2D eigenvalue weighted by Crippen LogP contribution is -2.01. The van der Waals surface area contributed by atoms with Gasteiger partial charge in [0.05, 0.1) is 15.8 Å². The summed E-state index contributed by atoms with van der Waals surface area (Å²) in [6.45, 7) is 5.21. The molecule has 0 N–H and O–H groups in total. The highest BCUT2D eigenvalue weighted by Crippen LogP contribution is 2.19. The molecule has 0 bridgehead atoms. The van der Waals surface area contributed by atoms with Gasteiger partial charge in [0.2, 0.25) is 0 Å². The standard InChI is InChI=1S/C13H15IN2/c1-10(2)13-12(14)9-16(15-13)8-11-6-4-3-5-7-11/h3-7,9-10H,8H2,1-2H3. The van der Waals surface area contributed by atoms with Gasteiger partial charge in [0, 0.05) is 6.20 Å². The van der Waals surface area contributed by atoms with Crippen LogP contribution in [0.5, 0.6) is 0 Å². The second-order valence-corrected chi connectivity index (χ2v) is 5.36. The molecule has 16 heavy (non-hydrogen) atoms. The Hall–Kier alpha value is -0.840. The van der Waals surface area contributed by atoms with Gasteiger partial charge in [-0.3, -0.25) is 4.68 Å². The zero-order chi connectivity index (χ0) is 11.5. The topological polar surface area (TPSA) is 17.8 Å². The Bertz CT molecular complexity index is 460. The maximum absolute atomic E-state index is 4.61. The van der Waals surface area contributed by atoms with E-state index in [1.807, 2.05) is 10.7 Å². The van der Waals surface area contributed by atoms with Crippen LogP contribution in [0.3, 0.4) is 0 Å². The summed E-state index contributed by atoms with van der Waals surface area (Å²) in [7, 11) is 0. The molecule has 1 heterocycles. The quantitative estimate of drug-likeness (QED) is 0.787. The molecule has 3 heteroatoms. The number of halogens is 1. The molecule has 0 radical (unpaired) electrons. The highest BCUT2D eigenvalue weighted by atomic mass is 127. The van der Waals surface area contributed by atoms with Crippen molar-refractivity contribution in [2.24, 2.45) is 0 Å². The molecule has 0 saturated heterocycles. The Morgan fingerprint density at radius 1 is 1.25 bits per heavy atom. The van der Waals surface area contributed by atoms with Crippen molar-refractivity contribution in [3.8, 4) is 0 Å². The summed E-state index contributed by atoms with van der Waals surface area (Å²) in [5.41, 5.74) is 2.48. The largest absolute Gasteiger partial charge is 0.267 e. The van der Waals surface area contributed by atoms with Crippen LogP contribution in [-0.2, 0) is 6.54 Å². The number of aromatic nitrogens is 2. The number of benzene rings is 1. The minimum Gasteiger partial charge on any atom is -0.267 e. The molecule has 2 nitrogen and oxygen atoms in total. The van der Waals surface area contributed by atoms with E-state index in [9.17, 15) is 0 Å². The van der Waals surface area contributed by atoms with Crippen molar-refractivity contribution in [2.45, 2.75) is 26.3 Å². The highest BCUT2D eigenvalue weighted by Gasteiger charge is 2.09. The fourth-order valence-electron chi connectivity index (χ4n) is 1.65. The summed E-state index contributed by atoms with van der Waals surface area (Å²) in [5, 5.41) is 4.61. The van der Waals surface area contributed by atoms with Crippen LogP contribution in [0.1, 0.15) is 31.0 Å². The predicted octanol–water partition coefficient (Wildman–Crippen LogP) is 3.66. The Morgan fingerprint density at radius 2 is 1.94 bits per heavy atom. The van der Waals surface area contributed by atoms with Gasteiger partial charge in [-0.05, 0) is 34.1 Å². The van der Waals surface area contributed by atoms with Crippen molar-refractivity contribution >= 4 is 22.6 Å². The summed E-state index contributed by atoms with van der Waals surface area (Å²) in [4.78, 5) is 0. The molecule has 0 spiro atoms. The second kappa shape index (κ2) is 4.99. The van der Waals surface area contributed by atoms with Crippen LogP contribution in [0, 0.1) is 3.57 Å². The molecule has 2 rings (SSSR count). The summed E-state index contributed by atoms with van der Waals surface area (Å²) in [6, 6.07) is 10.4. The molecule has 0 atom stereocenters. The minimum absolute atomic E-state index is 0.490. The highest BCUT2D eigenvalue weighted by molar-refractivity contribution is 14.1. The smallest absolute Gasteiger partial charge is 0.0783 e. The van der Waals surface area contributed by atoms with Crippen LogP contribution >= 0.6 is 22.6 Å². The Kier molecular flexibility index (Phi) is 3.63. The first-order valence-electron chi connectivity index (χ1n) is 5.43. The van der Waals surface area contributed by atoms with Gasteiger partial charge < -0.3 is 0 Å². The van der Waals surface area contributed by atoms with Gasteiger partial charge in [0.25, 0.3) is 0 Å². The van der Waals surface area contributed by atoms with E-state index < -0.39 is 0 Å². The molecular weight excluding hydrogens is 311 g/mol. The molecular formula is C13H15IN2. The van der Waals surface area contributed by atoms with E-state index in [1.54, 1.807) is 0 Å². The average Bonchev–Trinajstić information content (AvgIpc) is 2.61. The van der Waals surface area contributed by atoms with E-state index in [4.69, 9.17) is 0 Å². The van der Waals surface area contributed by atoms with Gasteiger partial charge in [-0.25, -0.2) is 0 Å². The first-order chi connectivity index (χ1) is 7.66. The fraction of sp³-hybridized carbons (Fsp3) is 0.308. The third-order valence-corrected chi connectivity index (χ3v) is 3.31. The van der Waals surface area contributed by atoms with Crippen molar-refractivity contribution in [2.75, 3.05) is 0 Å². The van der Waals surface area contributed by atoms with Gasteiger partial charge in [0.1, 0.15) is 0 Å². The maximum atomic E-state index is 4.61. The zero-order valence-electron chi connectivity index (χ0n) is 9.52. The van der Waals surface area contributed by atoms with Crippen molar-refractivity contribution in [1.82, 2.24) is 9.78 Å². The second-order valence-electron chi connectivity index (χ2n) is 4.20. The number of hydrogen-bond acceptors (Lipinski definition) is 1. The molecule has 0 amide bonds. The molecule has 1 aromatic heterocycles. The first-order valence-corrected chi connectivity index (χ1v) is 6.51. The first kappa shape index (κ1) is 11.6. The van der Waals surface area contributed by atoms with Crippen LogP contribution in [0.15, 0.2) is 36.5 Å². The van der Waals surface area contributed by atoms with E-state index in [0.29, 0.717) is 5.92 Å². The number of nitrogens with zero attached hydrogens (tertiary/aromatic N) is 2. The molecule has 0 unspecified atom stereocenters. The Labute approximate surface area is 110 Å². The van der Waals surface area contributed by atoms with E-state index in [0.717, 1.165) is 6.54 Å². The third-order valence-electron chi connectivity index (χ3n) is 2.48. The van der Waals surface area contributed by atoms with Crippen molar-refractivity contribution < 1.29 is 0 Å². The average molecular weight is 326 g/mol. The Balaban J connectivity index is 2.20. The van der Waals surface area contributed by atoms with Crippen molar-refractivity contribution in [1.29, 1.82) is 0 Å². The van der Waals surface area contributed by atoms with E-state index in [2.05, 4.69) is 72.0 Å². The van der Waals surface area contributed by atoms with Crippen LogP contribution < -0.4 is 0 Å². The summed E-state index contributed by atoms with van der Waals surface area (Å²) < 4.78 is 3.27. The predicted molar refractivity (Wildman–Crippen MR) is 74.6 cm³/mol. The molecule has 2 aromatic rings. The van der Waals surface area contributed by atoms with E-state index >= 15 is 0 Å². The lowest BCUT2D eigenvalue weighted by Gasteiger charge is -2.02. The molecule has 1 aromatic carbocycles. The summed E-state index contributed by atoms with van der Waals surface area (Å²) in [5.74, 6) is 0.490. The van der Waals surface area contributed by atoms with Crippen LogP contribution in [0.25, 0.3) is 0 Å². The SMILES string of the molecule is CC(C)c1nn(Cc2ccccc2)cc1I. The Morgan fingerprint density at radius 3 is 2.50 bits per heavy atom. The zero-order valence-corrected chi connectivity index (χ0v) is 11.7. The van der Waals surface area contributed by atoms with Gasteiger partial charge in [-0.2, -0.15) is 5.10 Å². The van der Waals surface area contributed by atoms with E-state index in [-0.39, 0.29) is 0 Å². The fourth-order valence-corrected chi connectivity index (χ4v) is 2.71. The normalized spacial score (nSPS) is 11.0. The minimum atomic E-state index is 0.490. The van der Waals surface area contributed by atoms with E-state index in [1.165, 1.54) is 14.8 Å². The molecule has 0 aliphatic rings. The lowest BCUT2D eigenvalue weighted by molar-refractivity contribution is 0.657. The van der Waals surface area contributed by atoms with Gasteiger partial charge in [0.15, 0.2) is 0 Å². The molecule has 0 aliphatic carbocycles. The van der Waals surface area contributed by atoms with Gasteiger partial charge in [-0.1, -0.05) is 44.2 Å². The summed E-state index contributed by atoms with van der Waals surface area (Å²) >= 11 is 2.36. The van der Waals surface area contributed by atoms with Gasteiger partial charge in [-0.15, -0.1) is 0 Å². The monoisotopic (exact) mass is 326 g/mol. The summed E-state index contributed by atoms with van der Waals surface area (Å²) in [6.07, 6.45) is 2.11. The number of hydrogen-bond donors (Lipinski definition) is 0.